The van der Waals surface area contributed by atoms with E-state index in [9.17, 15) is 41.0 Å². The van der Waals surface area contributed by atoms with Crippen LogP contribution in [-0.4, -0.2) is 44.6 Å². The van der Waals surface area contributed by atoms with E-state index in [-0.39, 0.29) is 35.4 Å². The molecular formula is C16H13F6N4O3S-. The molecule has 2 aromatic heterocycles. The zero-order valence-electron chi connectivity index (χ0n) is 15.0. The molecule has 164 valence electrons. The van der Waals surface area contributed by atoms with Crippen molar-refractivity contribution in [1.29, 1.82) is 0 Å². The molecule has 1 saturated heterocycles. The SMILES string of the molecule is O=C([O-])c1csc(C2CCN(C(=O)Cn3nc(C(F)(F)F)cc3C(F)(F)F)CC2)n1. The summed E-state index contributed by atoms with van der Waals surface area (Å²) in [5.41, 5.74) is -3.59. The minimum absolute atomic E-state index is 0.0181. The van der Waals surface area contributed by atoms with Crippen LogP contribution in [0.15, 0.2) is 11.4 Å². The minimum atomic E-state index is -5.11. The fraction of sp³-hybridized carbons (Fsp3) is 0.500. The summed E-state index contributed by atoms with van der Waals surface area (Å²) in [6.07, 6.45) is -9.43. The number of hydrogen-bond acceptors (Lipinski definition) is 6. The quantitative estimate of drug-likeness (QED) is 0.659. The van der Waals surface area contributed by atoms with Gasteiger partial charge in [0.1, 0.15) is 12.2 Å². The number of carbonyl (C=O) groups excluding carboxylic acids is 2. The van der Waals surface area contributed by atoms with E-state index < -0.39 is 42.2 Å². The van der Waals surface area contributed by atoms with Gasteiger partial charge >= 0.3 is 12.4 Å². The van der Waals surface area contributed by atoms with Gasteiger partial charge in [-0.1, -0.05) is 0 Å². The second-order valence-corrected chi connectivity index (χ2v) is 7.47. The molecule has 1 fully saturated rings. The number of aromatic carboxylic acids is 1. The van der Waals surface area contributed by atoms with Crippen LogP contribution >= 0.6 is 11.3 Å². The van der Waals surface area contributed by atoms with Gasteiger partial charge in [-0.3, -0.25) is 9.48 Å². The van der Waals surface area contributed by atoms with Gasteiger partial charge in [0, 0.05) is 30.5 Å². The monoisotopic (exact) mass is 455 g/mol. The van der Waals surface area contributed by atoms with Crippen molar-refractivity contribution in [3.63, 3.8) is 0 Å². The zero-order valence-corrected chi connectivity index (χ0v) is 15.8. The molecule has 7 nitrogen and oxygen atoms in total. The van der Waals surface area contributed by atoms with Gasteiger partial charge in [0.05, 0.1) is 16.7 Å². The first-order valence-electron chi connectivity index (χ1n) is 8.53. The smallest absolute Gasteiger partial charge is 0.435 e. The maximum atomic E-state index is 13.0. The highest BCUT2D eigenvalue weighted by Crippen LogP contribution is 2.35. The maximum absolute atomic E-state index is 13.0. The molecule has 0 spiro atoms. The summed E-state index contributed by atoms with van der Waals surface area (Å²) in [7, 11) is 0. The summed E-state index contributed by atoms with van der Waals surface area (Å²) >= 11 is 1.13. The Hall–Kier alpha value is -2.64. The molecule has 0 aliphatic carbocycles. The molecule has 3 rings (SSSR count). The molecule has 30 heavy (non-hydrogen) atoms. The van der Waals surface area contributed by atoms with Gasteiger partial charge in [0.15, 0.2) is 5.69 Å². The molecule has 0 N–H and O–H groups in total. The Kier molecular flexibility index (Phi) is 5.80. The Morgan fingerprint density at radius 3 is 2.27 bits per heavy atom. The van der Waals surface area contributed by atoms with Gasteiger partial charge in [0.25, 0.3) is 0 Å². The molecule has 1 aliphatic heterocycles. The Labute approximate surface area is 168 Å². The summed E-state index contributed by atoms with van der Waals surface area (Å²) in [5.74, 6) is -2.35. The molecule has 2 aromatic rings. The third kappa shape index (κ3) is 4.74. The number of rotatable bonds is 4. The number of alkyl halides is 6. The van der Waals surface area contributed by atoms with Crippen molar-refractivity contribution in [1.82, 2.24) is 19.7 Å². The van der Waals surface area contributed by atoms with E-state index in [1.165, 1.54) is 10.3 Å². The number of amides is 1. The van der Waals surface area contributed by atoms with E-state index in [4.69, 9.17) is 0 Å². The lowest BCUT2D eigenvalue weighted by Gasteiger charge is -2.31. The van der Waals surface area contributed by atoms with Crippen molar-refractivity contribution in [3.8, 4) is 0 Å². The number of thiazole rings is 1. The minimum Gasteiger partial charge on any atom is -0.543 e. The van der Waals surface area contributed by atoms with E-state index in [1.54, 1.807) is 0 Å². The molecule has 1 amide bonds. The second kappa shape index (κ2) is 7.89. The molecule has 1 aliphatic rings. The lowest BCUT2D eigenvalue weighted by Crippen LogP contribution is -2.40. The predicted molar refractivity (Wildman–Crippen MR) is 87.2 cm³/mol. The summed E-state index contributed by atoms with van der Waals surface area (Å²) < 4.78 is 77.3. The summed E-state index contributed by atoms with van der Waals surface area (Å²) in [5, 5.41) is 15.6. The fourth-order valence-electron chi connectivity index (χ4n) is 3.08. The lowest BCUT2D eigenvalue weighted by atomic mass is 9.97. The number of hydrogen-bond donors (Lipinski definition) is 0. The van der Waals surface area contributed by atoms with Crippen LogP contribution in [0, 0.1) is 0 Å². The van der Waals surface area contributed by atoms with Crippen molar-refractivity contribution in [2.24, 2.45) is 0 Å². The molecule has 0 unspecified atom stereocenters. The van der Waals surface area contributed by atoms with E-state index in [2.05, 4.69) is 10.1 Å². The topological polar surface area (TPSA) is 91.2 Å². The Morgan fingerprint density at radius 2 is 1.77 bits per heavy atom. The molecule has 0 bridgehead atoms. The number of carbonyl (C=O) groups is 2. The fourth-order valence-corrected chi connectivity index (χ4v) is 4.04. The average Bonchev–Trinajstić information content (AvgIpc) is 3.28. The van der Waals surface area contributed by atoms with Crippen LogP contribution in [0.2, 0.25) is 0 Å². The van der Waals surface area contributed by atoms with Gasteiger partial charge < -0.3 is 14.8 Å². The second-order valence-electron chi connectivity index (χ2n) is 6.58. The third-order valence-corrected chi connectivity index (χ3v) is 5.58. The van der Waals surface area contributed by atoms with Crippen LogP contribution in [0.1, 0.15) is 45.6 Å². The van der Waals surface area contributed by atoms with E-state index in [1.807, 2.05) is 0 Å². The molecule has 0 aromatic carbocycles. The van der Waals surface area contributed by atoms with Gasteiger partial charge in [-0.2, -0.15) is 31.4 Å². The number of carboxylic acid groups (broad SMARTS) is 1. The van der Waals surface area contributed by atoms with E-state index in [0.29, 0.717) is 17.8 Å². The molecule has 14 heteroatoms. The summed E-state index contributed by atoms with van der Waals surface area (Å²) in [6, 6.07) is -0.128. The lowest BCUT2D eigenvalue weighted by molar-refractivity contribution is -0.255. The van der Waals surface area contributed by atoms with Gasteiger partial charge in [0.2, 0.25) is 5.91 Å². The van der Waals surface area contributed by atoms with Crippen LogP contribution in [-0.2, 0) is 23.7 Å². The van der Waals surface area contributed by atoms with Crippen LogP contribution in [0.25, 0.3) is 0 Å². The number of aromatic nitrogens is 3. The standard InChI is InChI=1S/C16H14F6N4O3S/c17-15(18,19)10-5-11(16(20,21)22)26(24-10)6-12(27)25-3-1-8(2-4-25)13-23-9(7-30-13)14(28)29/h5,7-8H,1-4,6H2,(H,28,29)/p-1. The van der Waals surface area contributed by atoms with Gasteiger partial charge in [-0.05, 0) is 12.8 Å². The first kappa shape index (κ1) is 22.1. The molecular weight excluding hydrogens is 442 g/mol. The van der Waals surface area contributed by atoms with Crippen molar-refractivity contribution in [2.45, 2.75) is 37.7 Å². The normalized spacial score (nSPS) is 16.1. The van der Waals surface area contributed by atoms with Crippen molar-refractivity contribution >= 4 is 23.2 Å². The largest absolute Gasteiger partial charge is 0.543 e. The number of carboxylic acids is 1. The first-order chi connectivity index (χ1) is 13.9. The molecule has 0 radical (unpaired) electrons. The Morgan fingerprint density at radius 1 is 1.13 bits per heavy atom. The maximum Gasteiger partial charge on any atom is 0.435 e. The number of halogens is 6. The molecule has 3 heterocycles. The third-order valence-electron chi connectivity index (χ3n) is 4.57. The Bertz CT molecular complexity index is 944. The average molecular weight is 455 g/mol. The van der Waals surface area contributed by atoms with Crippen molar-refractivity contribution < 1.29 is 41.0 Å². The molecule has 0 atom stereocenters. The number of likely N-dealkylation sites (tertiary alicyclic amines) is 1. The molecule has 0 saturated carbocycles. The van der Waals surface area contributed by atoms with Crippen LogP contribution in [0.5, 0.6) is 0 Å². The number of nitrogens with zero attached hydrogens (tertiary/aromatic N) is 4. The van der Waals surface area contributed by atoms with Gasteiger partial charge in [-0.25, -0.2) is 4.98 Å². The van der Waals surface area contributed by atoms with E-state index in [0.717, 1.165) is 11.3 Å². The van der Waals surface area contributed by atoms with Crippen LogP contribution < -0.4 is 5.11 Å². The summed E-state index contributed by atoms with van der Waals surface area (Å²) in [4.78, 5) is 28.3. The van der Waals surface area contributed by atoms with Crippen LogP contribution in [0.3, 0.4) is 0 Å². The summed E-state index contributed by atoms with van der Waals surface area (Å²) in [6.45, 7) is -0.710. The zero-order chi connectivity index (χ0) is 22.3. The predicted octanol–water partition coefficient (Wildman–Crippen LogP) is 2.15. The van der Waals surface area contributed by atoms with Crippen LogP contribution in [0.4, 0.5) is 26.3 Å². The number of piperidine rings is 1. The first-order valence-corrected chi connectivity index (χ1v) is 9.41. The van der Waals surface area contributed by atoms with Crippen molar-refractivity contribution in [2.75, 3.05) is 13.1 Å². The highest BCUT2D eigenvalue weighted by Gasteiger charge is 2.42. The van der Waals surface area contributed by atoms with E-state index >= 15 is 0 Å². The highest BCUT2D eigenvalue weighted by atomic mass is 32.1. The highest BCUT2D eigenvalue weighted by molar-refractivity contribution is 7.09. The van der Waals surface area contributed by atoms with Gasteiger partial charge in [-0.15, -0.1) is 11.3 Å². The van der Waals surface area contributed by atoms with Crippen molar-refractivity contribution in [3.05, 3.63) is 33.5 Å². The Balaban J connectivity index is 1.67.